The summed E-state index contributed by atoms with van der Waals surface area (Å²) in [5.74, 6) is 0.385. The zero-order valence-corrected chi connectivity index (χ0v) is 15.7. The Kier molecular flexibility index (Phi) is 4.21. The molecule has 2 atom stereocenters. The van der Waals surface area contributed by atoms with Crippen LogP contribution in [0.4, 0.5) is 0 Å². The summed E-state index contributed by atoms with van der Waals surface area (Å²) in [5.41, 5.74) is 2.14. The van der Waals surface area contributed by atoms with Crippen molar-refractivity contribution in [3.8, 4) is 0 Å². The lowest BCUT2D eigenvalue weighted by atomic mass is 9.92. The first-order valence-corrected chi connectivity index (χ1v) is 11.5. The van der Waals surface area contributed by atoms with Crippen molar-refractivity contribution in [3.63, 3.8) is 0 Å². The Labute approximate surface area is 147 Å². The van der Waals surface area contributed by atoms with E-state index in [0.29, 0.717) is 19.6 Å². The first-order chi connectivity index (χ1) is 11.4. The molecule has 5 rings (SSSR count). The predicted octanol–water partition coefficient (Wildman–Crippen LogP) is 2.12. The molecule has 3 aliphatic heterocycles. The summed E-state index contributed by atoms with van der Waals surface area (Å²) in [6.07, 6.45) is 7.70. The number of aryl methyl sites for hydroxylation is 1. The van der Waals surface area contributed by atoms with Gasteiger partial charge in [-0.3, -0.25) is 4.79 Å². The lowest BCUT2D eigenvalue weighted by molar-refractivity contribution is 0.0588. The fourth-order valence-corrected chi connectivity index (χ4v) is 6.43. The van der Waals surface area contributed by atoms with Crippen LogP contribution in [-0.4, -0.2) is 55.5 Å². The SMILES string of the molecule is CS(=O)(=O)N1C[C@H]2CC[C@@H](C1)N(C(=O)c1csc3c1CCCC3)C2. The maximum Gasteiger partial charge on any atom is 0.255 e. The zero-order chi connectivity index (χ0) is 16.9. The second-order valence-electron chi connectivity index (χ2n) is 7.39. The third-order valence-electron chi connectivity index (χ3n) is 5.70. The van der Waals surface area contributed by atoms with Crippen molar-refractivity contribution in [3.05, 3.63) is 21.4 Å². The molecule has 1 aromatic rings. The third kappa shape index (κ3) is 2.91. The molecule has 0 spiro atoms. The van der Waals surface area contributed by atoms with Crippen LogP contribution in [0.3, 0.4) is 0 Å². The van der Waals surface area contributed by atoms with Crippen LogP contribution in [-0.2, 0) is 22.9 Å². The highest BCUT2D eigenvalue weighted by Gasteiger charge is 2.40. The first-order valence-electron chi connectivity index (χ1n) is 8.79. The number of thiophene rings is 1. The number of hydrogen-bond donors (Lipinski definition) is 0. The van der Waals surface area contributed by atoms with Crippen LogP contribution in [0.5, 0.6) is 0 Å². The molecule has 0 radical (unpaired) electrons. The van der Waals surface area contributed by atoms with Gasteiger partial charge in [-0.2, -0.15) is 4.31 Å². The molecule has 1 amide bonds. The van der Waals surface area contributed by atoms with Gasteiger partial charge in [0.2, 0.25) is 10.0 Å². The van der Waals surface area contributed by atoms with Crippen molar-refractivity contribution in [1.82, 2.24) is 9.21 Å². The van der Waals surface area contributed by atoms with E-state index in [0.717, 1.165) is 37.7 Å². The molecule has 4 heterocycles. The van der Waals surface area contributed by atoms with Gasteiger partial charge in [0, 0.05) is 35.9 Å². The van der Waals surface area contributed by atoms with Gasteiger partial charge in [0.05, 0.1) is 11.8 Å². The lowest BCUT2D eigenvalue weighted by Crippen LogP contribution is -2.47. The largest absolute Gasteiger partial charge is 0.334 e. The summed E-state index contributed by atoms with van der Waals surface area (Å²) in [5, 5.41) is 2.03. The number of carbonyl (C=O) groups is 1. The minimum absolute atomic E-state index is 0.0186. The summed E-state index contributed by atoms with van der Waals surface area (Å²) in [6, 6.07) is 0.0186. The molecular weight excluding hydrogens is 344 g/mol. The highest BCUT2D eigenvalue weighted by Crippen LogP contribution is 2.34. The number of carbonyl (C=O) groups excluding carboxylic acids is 1. The molecule has 24 heavy (non-hydrogen) atoms. The first kappa shape index (κ1) is 16.5. The van der Waals surface area contributed by atoms with Crippen LogP contribution >= 0.6 is 11.3 Å². The summed E-state index contributed by atoms with van der Waals surface area (Å²) in [7, 11) is -3.19. The van der Waals surface area contributed by atoms with Crippen molar-refractivity contribution in [2.45, 2.75) is 44.6 Å². The van der Waals surface area contributed by atoms with Crippen LogP contribution in [0.2, 0.25) is 0 Å². The van der Waals surface area contributed by atoms with E-state index >= 15 is 0 Å². The summed E-state index contributed by atoms with van der Waals surface area (Å²) >= 11 is 1.72. The Bertz CT molecular complexity index is 756. The molecule has 1 aliphatic carbocycles. The molecule has 0 saturated carbocycles. The van der Waals surface area contributed by atoms with Gasteiger partial charge >= 0.3 is 0 Å². The summed E-state index contributed by atoms with van der Waals surface area (Å²) < 4.78 is 25.5. The number of amides is 1. The summed E-state index contributed by atoms with van der Waals surface area (Å²) in [6.45, 7) is 1.70. The van der Waals surface area contributed by atoms with Gasteiger partial charge < -0.3 is 4.90 Å². The number of nitrogens with zero attached hydrogens (tertiary/aromatic N) is 2. The quantitative estimate of drug-likeness (QED) is 0.803. The number of rotatable bonds is 2. The van der Waals surface area contributed by atoms with Crippen molar-refractivity contribution in [2.24, 2.45) is 5.92 Å². The molecule has 132 valence electrons. The van der Waals surface area contributed by atoms with Crippen molar-refractivity contribution in [1.29, 1.82) is 0 Å². The Morgan fingerprint density at radius 2 is 1.96 bits per heavy atom. The molecule has 0 N–H and O–H groups in total. The zero-order valence-electron chi connectivity index (χ0n) is 14.0. The van der Waals surface area contributed by atoms with E-state index in [1.165, 1.54) is 23.1 Å². The summed E-state index contributed by atoms with van der Waals surface area (Å²) in [4.78, 5) is 16.5. The smallest absolute Gasteiger partial charge is 0.255 e. The fraction of sp³-hybridized carbons (Fsp3) is 0.706. The molecule has 1 aromatic heterocycles. The molecule has 5 nitrogen and oxygen atoms in total. The second-order valence-corrected chi connectivity index (χ2v) is 10.3. The Hall–Kier alpha value is -0.920. The van der Waals surface area contributed by atoms with Gasteiger partial charge in [-0.25, -0.2) is 8.42 Å². The number of sulfonamides is 1. The van der Waals surface area contributed by atoms with Crippen molar-refractivity contribution in [2.75, 3.05) is 25.9 Å². The van der Waals surface area contributed by atoms with E-state index < -0.39 is 10.0 Å². The van der Waals surface area contributed by atoms with Gasteiger partial charge in [0.15, 0.2) is 0 Å². The van der Waals surface area contributed by atoms with E-state index in [9.17, 15) is 13.2 Å². The topological polar surface area (TPSA) is 57.7 Å². The Balaban J connectivity index is 1.61. The molecule has 0 aromatic carbocycles. The minimum Gasteiger partial charge on any atom is -0.334 e. The van der Waals surface area contributed by atoms with Crippen LogP contribution < -0.4 is 0 Å². The Morgan fingerprint density at radius 1 is 1.17 bits per heavy atom. The van der Waals surface area contributed by atoms with Gasteiger partial charge in [-0.15, -0.1) is 11.3 Å². The molecule has 4 aliphatic rings. The number of hydrogen-bond acceptors (Lipinski definition) is 4. The Morgan fingerprint density at radius 3 is 2.75 bits per heavy atom. The van der Waals surface area contributed by atoms with E-state index in [1.54, 1.807) is 15.6 Å². The fourth-order valence-electron chi connectivity index (χ4n) is 4.39. The van der Waals surface area contributed by atoms with E-state index in [1.807, 2.05) is 10.3 Å². The van der Waals surface area contributed by atoms with Crippen LogP contribution in [0.25, 0.3) is 0 Å². The predicted molar refractivity (Wildman–Crippen MR) is 94.9 cm³/mol. The molecular formula is C17H24N2O3S2. The number of fused-ring (bicyclic) bond motifs is 5. The van der Waals surface area contributed by atoms with Crippen LogP contribution in [0.15, 0.2) is 5.38 Å². The average Bonchev–Trinajstić information content (AvgIpc) is 2.74. The van der Waals surface area contributed by atoms with E-state index in [2.05, 4.69) is 0 Å². The average molecular weight is 369 g/mol. The molecule has 7 heteroatoms. The van der Waals surface area contributed by atoms with E-state index in [4.69, 9.17) is 0 Å². The maximum absolute atomic E-state index is 13.2. The molecule has 0 unspecified atom stereocenters. The molecule has 3 fully saturated rings. The van der Waals surface area contributed by atoms with Crippen molar-refractivity contribution >= 4 is 27.3 Å². The molecule has 3 saturated heterocycles. The second kappa shape index (κ2) is 6.11. The molecule has 2 bridgehead atoms. The monoisotopic (exact) mass is 368 g/mol. The highest BCUT2D eigenvalue weighted by molar-refractivity contribution is 7.88. The highest BCUT2D eigenvalue weighted by atomic mass is 32.2. The van der Waals surface area contributed by atoms with Gasteiger partial charge in [-0.1, -0.05) is 0 Å². The standard InChI is InChI=1S/C17H24N2O3S2/c1-24(21,22)18-8-12-6-7-13(10-18)19(9-12)17(20)15-11-23-16-5-3-2-4-14(15)16/h11-13H,2-10H2,1H3/t12-,13+/m1/s1. The third-order valence-corrected chi connectivity index (χ3v) is 8.03. The van der Waals surface area contributed by atoms with Crippen molar-refractivity contribution < 1.29 is 13.2 Å². The normalized spacial score (nSPS) is 27.8. The van der Waals surface area contributed by atoms with Gasteiger partial charge in [0.1, 0.15) is 0 Å². The van der Waals surface area contributed by atoms with E-state index in [-0.39, 0.29) is 17.9 Å². The van der Waals surface area contributed by atoms with Crippen LogP contribution in [0, 0.1) is 5.92 Å². The van der Waals surface area contributed by atoms with Crippen LogP contribution in [0.1, 0.15) is 46.5 Å². The maximum atomic E-state index is 13.2. The van der Waals surface area contributed by atoms with Gasteiger partial charge in [0.25, 0.3) is 5.91 Å². The van der Waals surface area contributed by atoms with Gasteiger partial charge in [-0.05, 0) is 50.0 Å². The minimum atomic E-state index is -3.19. The lowest BCUT2D eigenvalue weighted by Gasteiger charge is -2.36. The number of piperidine rings is 1.